The summed E-state index contributed by atoms with van der Waals surface area (Å²) in [6, 6.07) is 3.86. The van der Waals surface area contributed by atoms with E-state index in [4.69, 9.17) is 0 Å². The molecule has 1 atom stereocenters. The molecule has 0 saturated carbocycles. The number of halogens is 1. The zero-order valence-corrected chi connectivity index (χ0v) is 12.5. The lowest BCUT2D eigenvalue weighted by Crippen LogP contribution is -2.59. The number of hydrogen-bond donors (Lipinski definition) is 1. The minimum Gasteiger partial charge on any atom is -0.347 e. The van der Waals surface area contributed by atoms with Crippen molar-refractivity contribution in [2.24, 2.45) is 0 Å². The Morgan fingerprint density at radius 3 is 2.71 bits per heavy atom. The molecule has 0 spiro atoms. The van der Waals surface area contributed by atoms with Crippen LogP contribution in [0, 0.1) is 12.7 Å². The Labute approximate surface area is 123 Å². The molecule has 5 nitrogen and oxygen atoms in total. The minimum atomic E-state index is -0.550. The summed E-state index contributed by atoms with van der Waals surface area (Å²) in [6.45, 7) is 3.11. The lowest BCUT2D eigenvalue weighted by molar-refractivity contribution is -0.134. The van der Waals surface area contributed by atoms with Crippen molar-refractivity contribution in [2.45, 2.75) is 13.0 Å². The fourth-order valence-electron chi connectivity index (χ4n) is 2.36. The quantitative estimate of drug-likeness (QED) is 0.870. The maximum absolute atomic E-state index is 13.6. The lowest BCUT2D eigenvalue weighted by atomic mass is 10.1. The first-order chi connectivity index (χ1) is 9.91. The van der Waals surface area contributed by atoms with Gasteiger partial charge in [-0.2, -0.15) is 0 Å². The smallest absolute Gasteiger partial charge is 0.254 e. The van der Waals surface area contributed by atoms with Crippen LogP contribution in [-0.4, -0.2) is 61.4 Å². The lowest BCUT2D eigenvalue weighted by Gasteiger charge is -2.36. The molecule has 1 aromatic carbocycles. The molecule has 0 bridgehead atoms. The highest BCUT2D eigenvalue weighted by molar-refractivity contribution is 5.97. The van der Waals surface area contributed by atoms with E-state index in [2.05, 4.69) is 5.32 Å². The summed E-state index contributed by atoms with van der Waals surface area (Å²) in [6.07, 6.45) is 0. The third-order valence-corrected chi connectivity index (χ3v) is 3.65. The van der Waals surface area contributed by atoms with E-state index < -0.39 is 11.9 Å². The number of amides is 2. The molecule has 1 unspecified atom stereocenters. The number of nitrogens with zero attached hydrogens (tertiary/aromatic N) is 2. The summed E-state index contributed by atoms with van der Waals surface area (Å²) in [7, 11) is 3.32. The summed E-state index contributed by atoms with van der Waals surface area (Å²) >= 11 is 0. The molecule has 2 rings (SSSR count). The van der Waals surface area contributed by atoms with Gasteiger partial charge in [0.2, 0.25) is 5.91 Å². The summed E-state index contributed by atoms with van der Waals surface area (Å²) in [4.78, 5) is 27.7. The van der Waals surface area contributed by atoms with E-state index in [-0.39, 0.29) is 17.4 Å². The second kappa shape index (κ2) is 6.22. The highest BCUT2D eigenvalue weighted by Gasteiger charge is 2.33. The summed E-state index contributed by atoms with van der Waals surface area (Å²) in [5, 5.41) is 3.11. The second-order valence-electron chi connectivity index (χ2n) is 5.42. The van der Waals surface area contributed by atoms with E-state index in [9.17, 15) is 14.0 Å². The van der Waals surface area contributed by atoms with Crippen molar-refractivity contribution < 1.29 is 14.0 Å². The van der Waals surface area contributed by atoms with Crippen LogP contribution in [0.1, 0.15) is 15.9 Å². The number of carbonyl (C=O) groups is 2. The number of aryl methyl sites for hydroxylation is 1. The minimum absolute atomic E-state index is 0.136. The van der Waals surface area contributed by atoms with Gasteiger partial charge < -0.3 is 15.1 Å². The molecule has 1 aliphatic heterocycles. The summed E-state index contributed by atoms with van der Waals surface area (Å²) in [5.41, 5.74) is 0.768. The van der Waals surface area contributed by atoms with Crippen LogP contribution in [0.3, 0.4) is 0 Å². The molecule has 1 N–H and O–H groups in total. The Morgan fingerprint density at radius 2 is 2.10 bits per heavy atom. The third kappa shape index (κ3) is 3.21. The maximum atomic E-state index is 13.6. The Kier molecular flexibility index (Phi) is 4.57. The van der Waals surface area contributed by atoms with Crippen LogP contribution >= 0.6 is 0 Å². The number of carbonyl (C=O) groups excluding carboxylic acids is 2. The van der Waals surface area contributed by atoms with Crippen molar-refractivity contribution in [2.75, 3.05) is 33.7 Å². The average Bonchev–Trinajstić information content (AvgIpc) is 2.48. The molecule has 0 aliphatic carbocycles. The van der Waals surface area contributed by atoms with Gasteiger partial charge in [0.05, 0.1) is 0 Å². The molecule has 2 amide bonds. The van der Waals surface area contributed by atoms with Gasteiger partial charge in [-0.25, -0.2) is 4.39 Å². The van der Waals surface area contributed by atoms with Gasteiger partial charge in [0.15, 0.2) is 0 Å². The molecule has 6 heteroatoms. The van der Waals surface area contributed by atoms with E-state index in [0.29, 0.717) is 25.2 Å². The second-order valence-corrected chi connectivity index (χ2v) is 5.42. The Morgan fingerprint density at radius 1 is 1.38 bits per heavy atom. The van der Waals surface area contributed by atoms with Gasteiger partial charge in [-0.05, 0) is 24.6 Å². The van der Waals surface area contributed by atoms with Gasteiger partial charge in [0.25, 0.3) is 5.91 Å². The van der Waals surface area contributed by atoms with Gasteiger partial charge in [0, 0.05) is 39.3 Å². The normalized spacial score (nSPS) is 18.5. The first-order valence-electron chi connectivity index (χ1n) is 6.91. The van der Waals surface area contributed by atoms with E-state index in [1.807, 2.05) is 0 Å². The van der Waals surface area contributed by atoms with Crippen molar-refractivity contribution in [3.8, 4) is 0 Å². The molecule has 0 radical (unpaired) electrons. The summed E-state index contributed by atoms with van der Waals surface area (Å²) in [5.74, 6) is -0.856. The monoisotopic (exact) mass is 293 g/mol. The fourth-order valence-corrected chi connectivity index (χ4v) is 2.36. The Bertz CT molecular complexity index is 560. The van der Waals surface area contributed by atoms with Crippen LogP contribution in [0.25, 0.3) is 0 Å². The van der Waals surface area contributed by atoms with Crippen molar-refractivity contribution in [1.82, 2.24) is 15.1 Å². The SMILES string of the molecule is Cc1ccc(C(=O)N2CCNCC2C(=O)N(C)C)cc1F. The molecule has 0 aromatic heterocycles. The van der Waals surface area contributed by atoms with E-state index in [1.54, 1.807) is 33.2 Å². The Balaban J connectivity index is 2.26. The van der Waals surface area contributed by atoms with E-state index in [0.717, 1.165) is 0 Å². The molecule has 1 fully saturated rings. The molecule has 114 valence electrons. The fraction of sp³-hybridized carbons (Fsp3) is 0.467. The standard InChI is InChI=1S/C15H20FN3O2/c1-10-4-5-11(8-12(10)16)14(20)19-7-6-17-9-13(19)15(21)18(2)3/h4-5,8,13,17H,6-7,9H2,1-3H3. The maximum Gasteiger partial charge on any atom is 0.254 e. The molecular formula is C15H20FN3O2. The highest BCUT2D eigenvalue weighted by Crippen LogP contribution is 2.15. The van der Waals surface area contributed by atoms with Crippen LogP contribution < -0.4 is 5.32 Å². The topological polar surface area (TPSA) is 52.7 Å². The van der Waals surface area contributed by atoms with Crippen LogP contribution in [-0.2, 0) is 4.79 Å². The van der Waals surface area contributed by atoms with Gasteiger partial charge in [-0.3, -0.25) is 9.59 Å². The number of nitrogens with one attached hydrogen (secondary N) is 1. The van der Waals surface area contributed by atoms with Crippen molar-refractivity contribution in [1.29, 1.82) is 0 Å². The number of benzene rings is 1. The molecule has 1 saturated heterocycles. The zero-order chi connectivity index (χ0) is 15.6. The molecule has 1 heterocycles. The Hall–Kier alpha value is -1.95. The van der Waals surface area contributed by atoms with Gasteiger partial charge in [-0.1, -0.05) is 6.07 Å². The first kappa shape index (κ1) is 15.4. The number of likely N-dealkylation sites (N-methyl/N-ethyl adjacent to an activating group) is 1. The number of piperazine rings is 1. The van der Waals surface area contributed by atoms with E-state index in [1.165, 1.54) is 15.9 Å². The summed E-state index contributed by atoms with van der Waals surface area (Å²) < 4.78 is 13.6. The van der Waals surface area contributed by atoms with Crippen molar-refractivity contribution in [3.63, 3.8) is 0 Å². The molecular weight excluding hydrogens is 273 g/mol. The van der Waals surface area contributed by atoms with Gasteiger partial charge >= 0.3 is 0 Å². The van der Waals surface area contributed by atoms with Gasteiger partial charge in [0.1, 0.15) is 11.9 Å². The number of hydrogen-bond acceptors (Lipinski definition) is 3. The predicted octanol–water partition coefficient (Wildman–Crippen LogP) is 0.636. The largest absolute Gasteiger partial charge is 0.347 e. The third-order valence-electron chi connectivity index (χ3n) is 3.65. The van der Waals surface area contributed by atoms with E-state index >= 15 is 0 Å². The molecule has 1 aliphatic rings. The van der Waals surface area contributed by atoms with Crippen molar-refractivity contribution >= 4 is 11.8 Å². The molecule has 1 aromatic rings. The number of rotatable bonds is 2. The first-order valence-corrected chi connectivity index (χ1v) is 6.91. The highest BCUT2D eigenvalue weighted by atomic mass is 19.1. The van der Waals surface area contributed by atoms with Crippen LogP contribution in [0.5, 0.6) is 0 Å². The predicted molar refractivity (Wildman–Crippen MR) is 77.5 cm³/mol. The van der Waals surface area contributed by atoms with Crippen LogP contribution in [0.15, 0.2) is 18.2 Å². The van der Waals surface area contributed by atoms with Crippen LogP contribution in [0.4, 0.5) is 4.39 Å². The average molecular weight is 293 g/mol. The zero-order valence-electron chi connectivity index (χ0n) is 12.5. The molecule has 21 heavy (non-hydrogen) atoms. The van der Waals surface area contributed by atoms with Crippen LogP contribution in [0.2, 0.25) is 0 Å². The van der Waals surface area contributed by atoms with Gasteiger partial charge in [-0.15, -0.1) is 0 Å². The van der Waals surface area contributed by atoms with Crippen molar-refractivity contribution in [3.05, 3.63) is 35.1 Å².